The molecule has 0 aliphatic rings. The highest BCUT2D eigenvalue weighted by atomic mass is 79.9. The van der Waals surface area contributed by atoms with Gasteiger partial charge in [-0.15, -0.1) is 0 Å². The van der Waals surface area contributed by atoms with Gasteiger partial charge in [0.25, 0.3) is 6.43 Å². The Balaban J connectivity index is 3.27. The molecule has 0 saturated heterocycles. The zero-order chi connectivity index (χ0) is 13.0. The molecule has 0 aliphatic heterocycles. The second-order valence-electron chi connectivity index (χ2n) is 3.10. The molecule has 17 heavy (non-hydrogen) atoms. The lowest BCUT2D eigenvalue weighted by atomic mass is 10.1. The summed E-state index contributed by atoms with van der Waals surface area (Å²) in [4.78, 5) is 15.2. The fourth-order valence-corrected chi connectivity index (χ4v) is 1.68. The zero-order valence-electron chi connectivity index (χ0n) is 9.04. The van der Waals surface area contributed by atoms with Gasteiger partial charge < -0.3 is 10.5 Å². The van der Waals surface area contributed by atoms with E-state index in [-0.39, 0.29) is 23.4 Å². The Labute approximate surface area is 105 Å². The number of aromatic nitrogens is 1. The summed E-state index contributed by atoms with van der Waals surface area (Å²) in [5, 5.41) is 0. The topological polar surface area (TPSA) is 65.2 Å². The van der Waals surface area contributed by atoms with Crippen molar-refractivity contribution in [3.05, 3.63) is 27.5 Å². The van der Waals surface area contributed by atoms with Gasteiger partial charge in [-0.05, 0) is 34.5 Å². The van der Waals surface area contributed by atoms with Crippen molar-refractivity contribution in [2.24, 2.45) is 5.73 Å². The lowest BCUT2D eigenvalue weighted by Crippen LogP contribution is -2.13. The summed E-state index contributed by atoms with van der Waals surface area (Å²) in [6.07, 6.45) is -2.81. The van der Waals surface area contributed by atoms with Crippen LogP contribution in [0.25, 0.3) is 0 Å². The molecule has 1 aromatic heterocycles. The quantitative estimate of drug-likeness (QED) is 0.685. The third-order valence-electron chi connectivity index (χ3n) is 2.00. The molecule has 7 heteroatoms. The molecule has 4 nitrogen and oxygen atoms in total. The maximum atomic E-state index is 12.8. The Morgan fingerprint density at radius 3 is 2.76 bits per heavy atom. The van der Waals surface area contributed by atoms with Crippen LogP contribution in [0.15, 0.2) is 10.7 Å². The van der Waals surface area contributed by atoms with Gasteiger partial charge in [0.15, 0.2) is 5.69 Å². The molecular weight excluding hydrogens is 298 g/mol. The highest BCUT2D eigenvalue weighted by molar-refractivity contribution is 9.10. The fraction of sp³-hybridized carbons (Fsp3) is 0.400. The monoisotopic (exact) mass is 308 g/mol. The smallest absolute Gasteiger partial charge is 0.357 e. The third-order valence-corrected chi connectivity index (χ3v) is 2.69. The first-order valence-corrected chi connectivity index (χ1v) is 5.65. The summed E-state index contributed by atoms with van der Waals surface area (Å²) in [7, 11) is 0. The number of ether oxygens (including phenoxy) is 1. The first-order chi connectivity index (χ1) is 8.01. The number of carbonyl (C=O) groups excluding carboxylic acids is 1. The number of nitrogens with two attached hydrogens (primary N) is 1. The number of alkyl halides is 2. The van der Waals surface area contributed by atoms with Crippen LogP contribution in [0.2, 0.25) is 0 Å². The molecule has 0 unspecified atom stereocenters. The molecule has 1 rings (SSSR count). The first kappa shape index (κ1) is 14.0. The van der Waals surface area contributed by atoms with E-state index in [9.17, 15) is 13.6 Å². The molecule has 0 atom stereocenters. The number of hydrogen-bond donors (Lipinski definition) is 1. The summed E-state index contributed by atoms with van der Waals surface area (Å²) in [6, 6.07) is 1.16. The first-order valence-electron chi connectivity index (χ1n) is 4.85. The van der Waals surface area contributed by atoms with Gasteiger partial charge in [-0.2, -0.15) is 0 Å². The minimum Gasteiger partial charge on any atom is -0.461 e. The molecule has 0 spiro atoms. The highest BCUT2D eigenvalue weighted by Gasteiger charge is 2.23. The molecule has 2 N–H and O–H groups in total. The largest absolute Gasteiger partial charge is 0.461 e. The van der Waals surface area contributed by atoms with Gasteiger partial charge in [-0.3, -0.25) is 0 Å². The standard InChI is InChI=1S/C10H11BrF2N2O2/c1-2-17-10(16)7-6(9(12)13)3-5(4-14)8(11)15-7/h3,9H,2,4,14H2,1H3. The van der Waals surface area contributed by atoms with E-state index in [0.717, 1.165) is 6.07 Å². The average Bonchev–Trinajstić information content (AvgIpc) is 2.28. The zero-order valence-corrected chi connectivity index (χ0v) is 10.6. The maximum Gasteiger partial charge on any atom is 0.357 e. The minimum atomic E-state index is -2.81. The van der Waals surface area contributed by atoms with E-state index in [0.29, 0.717) is 5.56 Å². The number of carbonyl (C=O) groups is 1. The third kappa shape index (κ3) is 3.19. The Morgan fingerprint density at radius 2 is 2.29 bits per heavy atom. The Kier molecular flexibility index (Phi) is 4.95. The predicted octanol–water partition coefficient (Wildman–Crippen LogP) is 2.42. The molecule has 0 radical (unpaired) electrons. The van der Waals surface area contributed by atoms with E-state index < -0.39 is 18.0 Å². The normalized spacial score (nSPS) is 10.7. The van der Waals surface area contributed by atoms with E-state index in [4.69, 9.17) is 5.73 Å². The minimum absolute atomic E-state index is 0.0520. The van der Waals surface area contributed by atoms with E-state index in [2.05, 4.69) is 25.7 Å². The van der Waals surface area contributed by atoms with Gasteiger partial charge in [0.1, 0.15) is 4.60 Å². The van der Waals surface area contributed by atoms with Crippen LogP contribution in [0, 0.1) is 0 Å². The van der Waals surface area contributed by atoms with Crippen LogP contribution in [0.5, 0.6) is 0 Å². The Hall–Kier alpha value is -1.08. The van der Waals surface area contributed by atoms with E-state index in [1.807, 2.05) is 0 Å². The van der Waals surface area contributed by atoms with Crippen molar-refractivity contribution < 1.29 is 18.3 Å². The van der Waals surface area contributed by atoms with Gasteiger partial charge in [0, 0.05) is 6.54 Å². The van der Waals surface area contributed by atoms with Gasteiger partial charge in [0.05, 0.1) is 12.2 Å². The van der Waals surface area contributed by atoms with Crippen molar-refractivity contribution in [3.63, 3.8) is 0 Å². The van der Waals surface area contributed by atoms with Crippen molar-refractivity contribution in [2.75, 3.05) is 6.61 Å². The molecule has 0 aromatic carbocycles. The SMILES string of the molecule is CCOC(=O)c1nc(Br)c(CN)cc1C(F)F. The fourth-order valence-electron chi connectivity index (χ4n) is 1.22. The van der Waals surface area contributed by atoms with Crippen molar-refractivity contribution >= 4 is 21.9 Å². The number of hydrogen-bond acceptors (Lipinski definition) is 4. The second-order valence-corrected chi connectivity index (χ2v) is 3.85. The van der Waals surface area contributed by atoms with Crippen molar-refractivity contribution in [1.29, 1.82) is 0 Å². The van der Waals surface area contributed by atoms with E-state index >= 15 is 0 Å². The number of esters is 1. The number of nitrogens with zero attached hydrogens (tertiary/aromatic N) is 1. The molecule has 1 heterocycles. The Morgan fingerprint density at radius 1 is 1.65 bits per heavy atom. The van der Waals surface area contributed by atoms with Crippen molar-refractivity contribution in [1.82, 2.24) is 4.98 Å². The van der Waals surface area contributed by atoms with Crippen LogP contribution in [-0.2, 0) is 11.3 Å². The maximum absolute atomic E-state index is 12.8. The van der Waals surface area contributed by atoms with E-state index in [1.54, 1.807) is 6.92 Å². The summed E-state index contributed by atoms with van der Waals surface area (Å²) < 4.78 is 30.5. The number of pyridine rings is 1. The summed E-state index contributed by atoms with van der Waals surface area (Å²) in [5.74, 6) is -0.868. The predicted molar refractivity (Wildman–Crippen MR) is 60.7 cm³/mol. The van der Waals surface area contributed by atoms with Crippen LogP contribution >= 0.6 is 15.9 Å². The molecule has 0 saturated carbocycles. The van der Waals surface area contributed by atoms with Crippen LogP contribution in [0.4, 0.5) is 8.78 Å². The van der Waals surface area contributed by atoms with Crippen LogP contribution in [-0.4, -0.2) is 17.6 Å². The van der Waals surface area contributed by atoms with E-state index in [1.165, 1.54) is 0 Å². The van der Waals surface area contributed by atoms with Gasteiger partial charge >= 0.3 is 5.97 Å². The molecule has 94 valence electrons. The lowest BCUT2D eigenvalue weighted by molar-refractivity contribution is 0.0507. The molecule has 0 amide bonds. The van der Waals surface area contributed by atoms with Crippen LogP contribution in [0.1, 0.15) is 35.0 Å². The number of halogens is 3. The van der Waals surface area contributed by atoms with Crippen LogP contribution < -0.4 is 5.73 Å². The second kappa shape index (κ2) is 6.02. The van der Waals surface area contributed by atoms with Crippen LogP contribution in [0.3, 0.4) is 0 Å². The highest BCUT2D eigenvalue weighted by Crippen LogP contribution is 2.26. The van der Waals surface area contributed by atoms with Gasteiger partial charge in [-0.1, -0.05) is 0 Å². The summed E-state index contributed by atoms with van der Waals surface area (Å²) >= 11 is 3.07. The Bertz CT molecular complexity index is 427. The van der Waals surface area contributed by atoms with Gasteiger partial charge in [0.2, 0.25) is 0 Å². The molecule has 0 bridgehead atoms. The average molecular weight is 309 g/mol. The molecule has 0 aliphatic carbocycles. The lowest BCUT2D eigenvalue weighted by Gasteiger charge is -2.10. The molecular formula is C10H11BrF2N2O2. The molecule has 1 aromatic rings. The summed E-state index contributed by atoms with van der Waals surface area (Å²) in [6.45, 7) is 1.74. The molecule has 0 fully saturated rings. The summed E-state index contributed by atoms with van der Waals surface area (Å²) in [5.41, 5.74) is 4.93. The van der Waals surface area contributed by atoms with Gasteiger partial charge in [-0.25, -0.2) is 18.6 Å². The van der Waals surface area contributed by atoms with Crippen molar-refractivity contribution in [3.8, 4) is 0 Å². The number of rotatable bonds is 4. The van der Waals surface area contributed by atoms with Crippen molar-refractivity contribution in [2.45, 2.75) is 19.9 Å².